The summed E-state index contributed by atoms with van der Waals surface area (Å²) in [6.45, 7) is -2.25. The Morgan fingerprint density at radius 3 is 0.273 bits per heavy atom. The third kappa shape index (κ3) is 324. The Morgan fingerprint density at radius 1 is 0.273 bits per heavy atom. The van der Waals surface area contributed by atoms with E-state index in [0.717, 1.165) is 0 Å². The van der Waals surface area contributed by atoms with Crippen LogP contribution in [0.15, 0.2) is 0 Å². The normalized spacial score (nSPS) is 2.45. The van der Waals surface area contributed by atoms with Crippen LogP contribution in [0, 0.1) is 249 Å². The Bertz CT molecular complexity index is 35.4. The number of rotatable bonds is 0. The van der Waals surface area contributed by atoms with Gasteiger partial charge in [-0.25, -0.2) is 0 Å². The second-order valence-corrected chi connectivity index (χ2v) is 0.424. The third-order valence-corrected chi connectivity index (χ3v) is 0. The second-order valence-electron chi connectivity index (χ2n) is 0.424. The fourth-order valence-corrected chi connectivity index (χ4v) is 0. The van der Waals surface area contributed by atoms with E-state index < -0.39 is 20.4 Å². The van der Waals surface area contributed by atoms with Gasteiger partial charge in [0.1, 0.15) is 20.4 Å². The van der Waals surface area contributed by atoms with E-state index in [0.29, 0.717) is 0 Å². The van der Waals surface area contributed by atoms with Crippen molar-refractivity contribution >= 4 is 0 Å². The molecule has 129 valence electrons. The molecule has 0 amide bonds. The Labute approximate surface area is 324 Å². The Hall–Kier alpha value is 7.88. The van der Waals surface area contributed by atoms with Crippen molar-refractivity contribution in [2.45, 2.75) is 0 Å². The molecular weight excluding hydrogens is 1200 g/mol. The Kier molecular flexibility index (Phi) is 1110. The van der Waals surface area contributed by atoms with Crippen LogP contribution in [0.4, 0.5) is 0 Å². The quantitative estimate of drug-likeness (QED) is 0.128. The number of aliphatic hydroxyl groups is 6. The molecule has 0 saturated heterocycles. The van der Waals surface area contributed by atoms with Crippen LogP contribution < -0.4 is 0 Å². The minimum absolute atomic E-state index is 0. The van der Waals surface area contributed by atoms with Crippen LogP contribution in [0.1, 0.15) is 0 Å². The van der Waals surface area contributed by atoms with E-state index in [4.69, 9.17) is 30.6 Å². The molecule has 0 heterocycles. The van der Waals surface area contributed by atoms with Crippen LogP contribution in [0.25, 0.3) is 0 Å². The van der Waals surface area contributed by atoms with Gasteiger partial charge in [-0.2, -0.15) is 0 Å². The Balaban J connectivity index is -0.00000000135. The first-order valence-corrected chi connectivity index (χ1v) is 1.90. The summed E-state index contributed by atoms with van der Waals surface area (Å²) >= 11 is 0. The average molecular weight is 1220 g/mol. The molecule has 19 heteroatoms. The van der Waals surface area contributed by atoms with E-state index >= 15 is 0 Å². The van der Waals surface area contributed by atoms with Gasteiger partial charge in [0.2, 0.25) is 0 Å². The molecule has 0 saturated carbocycles. The molecule has 0 bridgehead atoms. The standard InChI is InChI=1S/3CH4O2.7La.6H2O/c3*2-1-3;;;;;;;;;;;;;/h3*2-3H,1H2;;;;;;;;6*1H2. The van der Waals surface area contributed by atoms with E-state index in [9.17, 15) is 0 Å². The van der Waals surface area contributed by atoms with Gasteiger partial charge in [-0.3, -0.25) is 0 Å². The Morgan fingerprint density at radius 2 is 0.273 bits per heavy atom. The topological polar surface area (TPSA) is 310 Å². The van der Waals surface area contributed by atoms with Crippen molar-refractivity contribution in [2.75, 3.05) is 20.4 Å². The summed E-state index contributed by atoms with van der Waals surface area (Å²) in [6.07, 6.45) is 0. The van der Waals surface area contributed by atoms with Crippen molar-refractivity contribution in [3.05, 3.63) is 0 Å². The van der Waals surface area contributed by atoms with Gasteiger partial charge in [0, 0.05) is 249 Å². The van der Waals surface area contributed by atoms with Crippen LogP contribution in [0.3, 0.4) is 0 Å². The van der Waals surface area contributed by atoms with Gasteiger partial charge in [-0.05, 0) is 0 Å². The van der Waals surface area contributed by atoms with Crippen molar-refractivity contribution in [3.8, 4) is 0 Å². The van der Waals surface area contributed by atoms with Crippen LogP contribution in [0.2, 0.25) is 0 Å². The van der Waals surface area contributed by atoms with E-state index in [2.05, 4.69) is 0 Å². The predicted octanol–water partition coefficient (Wildman–Crippen LogP) is -8.16. The number of hydrogen-bond donors (Lipinski definition) is 6. The van der Waals surface area contributed by atoms with Gasteiger partial charge in [0.15, 0.2) is 0 Å². The summed E-state index contributed by atoms with van der Waals surface area (Å²) in [5.74, 6) is 0. The minimum Gasteiger partial charge on any atom is -0.412 e. The molecule has 0 aliphatic rings. The largest absolute Gasteiger partial charge is 0.412 e. The van der Waals surface area contributed by atoms with Crippen molar-refractivity contribution in [3.63, 3.8) is 0 Å². The first kappa shape index (κ1) is 129. The molecule has 22 heavy (non-hydrogen) atoms. The molecule has 0 aliphatic carbocycles. The maximum atomic E-state index is 7.12. The molecule has 0 spiro atoms. The molecule has 0 rings (SSSR count). The second kappa shape index (κ2) is 190. The van der Waals surface area contributed by atoms with Crippen molar-refractivity contribution < 1.29 is 313 Å². The molecular formula is C3H24La7O12. The molecule has 0 aromatic carbocycles. The van der Waals surface area contributed by atoms with Gasteiger partial charge in [-0.1, -0.05) is 0 Å². The van der Waals surface area contributed by atoms with E-state index in [1.165, 1.54) is 0 Å². The summed E-state index contributed by atoms with van der Waals surface area (Å²) in [4.78, 5) is 0. The van der Waals surface area contributed by atoms with Crippen LogP contribution in [-0.2, 0) is 0 Å². The molecule has 7 radical (unpaired) electrons. The van der Waals surface area contributed by atoms with Gasteiger partial charge < -0.3 is 63.5 Å². The van der Waals surface area contributed by atoms with E-state index in [1.807, 2.05) is 0 Å². The van der Waals surface area contributed by atoms with Gasteiger partial charge >= 0.3 is 0 Å². The molecule has 0 fully saturated rings. The molecule has 0 unspecified atom stereocenters. The van der Waals surface area contributed by atoms with Crippen LogP contribution in [-0.4, -0.2) is 83.9 Å². The van der Waals surface area contributed by atoms with Crippen molar-refractivity contribution in [2.24, 2.45) is 0 Å². The van der Waals surface area contributed by atoms with Gasteiger partial charge in [-0.15, -0.1) is 0 Å². The number of hydrogen-bond acceptors (Lipinski definition) is 6. The summed E-state index contributed by atoms with van der Waals surface area (Å²) in [5.41, 5.74) is 0. The zero-order valence-electron chi connectivity index (χ0n) is 11.8. The van der Waals surface area contributed by atoms with Gasteiger partial charge in [0.25, 0.3) is 0 Å². The monoisotopic (exact) mass is 1220 g/mol. The zero-order valence-corrected chi connectivity index (χ0v) is 37.2. The fraction of sp³-hybridized carbons (Fsp3) is 1.00. The van der Waals surface area contributed by atoms with Crippen molar-refractivity contribution in [1.82, 2.24) is 0 Å². The SMILES string of the molecule is O.O.O.O.O.O.OCO.OCO.OCO.[La].[La].[La].[La].[La].[La].[La]. The van der Waals surface area contributed by atoms with Crippen LogP contribution >= 0.6 is 0 Å². The fourth-order valence-electron chi connectivity index (χ4n) is 0. The summed E-state index contributed by atoms with van der Waals surface area (Å²) in [6, 6.07) is 0. The maximum absolute atomic E-state index is 7.12. The molecule has 0 aromatic rings. The first-order chi connectivity index (χ1) is 4.24. The molecule has 18 N–H and O–H groups in total. The third-order valence-electron chi connectivity index (χ3n) is 0. The van der Waals surface area contributed by atoms with Crippen LogP contribution in [0.5, 0.6) is 0 Å². The van der Waals surface area contributed by atoms with Gasteiger partial charge in [0.05, 0.1) is 0 Å². The minimum atomic E-state index is -0.750. The van der Waals surface area contributed by atoms with E-state index in [-0.39, 0.29) is 282 Å². The molecule has 0 atom stereocenters. The predicted molar refractivity (Wildman–Crippen MR) is 49.6 cm³/mol. The average Bonchev–Trinajstić information content (AvgIpc) is 1.70. The molecule has 0 aromatic heterocycles. The smallest absolute Gasteiger partial charge is 0.140 e. The summed E-state index contributed by atoms with van der Waals surface area (Å²) < 4.78 is 0. The van der Waals surface area contributed by atoms with E-state index in [1.54, 1.807) is 0 Å². The maximum Gasteiger partial charge on any atom is 0.140 e. The van der Waals surface area contributed by atoms with Crippen molar-refractivity contribution in [1.29, 1.82) is 0 Å². The number of aliphatic hydroxyl groups excluding tert-OH is 3. The zero-order chi connectivity index (χ0) is 8.12. The molecule has 12 nitrogen and oxygen atoms in total. The first-order valence-electron chi connectivity index (χ1n) is 1.90. The summed E-state index contributed by atoms with van der Waals surface area (Å²) in [7, 11) is 0. The summed E-state index contributed by atoms with van der Waals surface area (Å²) in [5, 5.41) is 42.8. The molecule has 0 aliphatic heterocycles.